The van der Waals surface area contributed by atoms with Crippen LogP contribution in [-0.4, -0.2) is 13.9 Å². The molecule has 0 amide bonds. The Morgan fingerprint density at radius 1 is 1.57 bits per heavy atom. The fourth-order valence-corrected chi connectivity index (χ4v) is 1.58. The van der Waals surface area contributed by atoms with Gasteiger partial charge in [0.15, 0.2) is 0 Å². The van der Waals surface area contributed by atoms with E-state index in [9.17, 15) is 8.76 Å². The molecule has 1 unspecified atom stereocenters. The van der Waals surface area contributed by atoms with Crippen molar-refractivity contribution in [2.75, 3.05) is 0 Å². The maximum Gasteiger partial charge on any atom is 0.0994 e. The summed E-state index contributed by atoms with van der Waals surface area (Å²) in [5.74, 6) is -0.172. The third-order valence-corrected chi connectivity index (χ3v) is 2.30. The zero-order valence-corrected chi connectivity index (χ0v) is 8.08. The summed E-state index contributed by atoms with van der Waals surface area (Å²) in [5, 5.41) is 17.5. The first-order chi connectivity index (χ1) is 6.67. The Hall–Kier alpha value is -1.22. The van der Waals surface area contributed by atoms with Crippen LogP contribution in [-0.2, 0) is 23.4 Å². The van der Waals surface area contributed by atoms with E-state index in [2.05, 4.69) is 0 Å². The van der Waals surface area contributed by atoms with Gasteiger partial charge in [-0.2, -0.15) is 5.26 Å². The molecule has 1 aromatic rings. The van der Waals surface area contributed by atoms with E-state index in [1.165, 1.54) is 6.07 Å². The molecular formula is C9H8NO3S-. The highest BCUT2D eigenvalue weighted by Crippen LogP contribution is 2.12. The Bertz CT molecular complexity index is 398. The smallest absolute Gasteiger partial charge is 0.0994 e. The van der Waals surface area contributed by atoms with Crippen LogP contribution in [0.15, 0.2) is 18.2 Å². The Morgan fingerprint density at radius 3 is 2.79 bits per heavy atom. The summed E-state index contributed by atoms with van der Waals surface area (Å²) in [6.07, 6.45) is 0. The Morgan fingerprint density at radius 2 is 2.29 bits per heavy atom. The quantitative estimate of drug-likeness (QED) is 0.733. The Balaban J connectivity index is 3.07. The second kappa shape index (κ2) is 4.86. The SMILES string of the molecule is N#Cc1cc(CO)ccc1CS(=O)[O-]. The lowest BCUT2D eigenvalue weighted by Crippen LogP contribution is -1.98. The lowest BCUT2D eigenvalue weighted by Gasteiger charge is -2.07. The monoisotopic (exact) mass is 210 g/mol. The van der Waals surface area contributed by atoms with Gasteiger partial charge >= 0.3 is 0 Å². The van der Waals surface area contributed by atoms with Crippen molar-refractivity contribution in [3.05, 3.63) is 34.9 Å². The lowest BCUT2D eigenvalue weighted by atomic mass is 10.1. The number of nitriles is 1. The van der Waals surface area contributed by atoms with Crippen molar-refractivity contribution in [1.29, 1.82) is 5.26 Å². The molecule has 1 N–H and O–H groups in total. The molecular weight excluding hydrogens is 202 g/mol. The molecule has 14 heavy (non-hydrogen) atoms. The number of aliphatic hydroxyl groups is 1. The van der Waals surface area contributed by atoms with Crippen molar-refractivity contribution in [3.63, 3.8) is 0 Å². The van der Waals surface area contributed by atoms with Crippen LogP contribution in [0.2, 0.25) is 0 Å². The van der Waals surface area contributed by atoms with Crippen LogP contribution in [0.25, 0.3) is 0 Å². The number of nitrogens with zero attached hydrogens (tertiary/aromatic N) is 1. The fraction of sp³-hybridized carbons (Fsp3) is 0.222. The van der Waals surface area contributed by atoms with E-state index in [1.807, 2.05) is 6.07 Å². The van der Waals surface area contributed by atoms with Gasteiger partial charge in [-0.3, -0.25) is 4.21 Å². The van der Waals surface area contributed by atoms with Crippen LogP contribution < -0.4 is 0 Å². The van der Waals surface area contributed by atoms with Crippen LogP contribution in [0.5, 0.6) is 0 Å². The zero-order chi connectivity index (χ0) is 10.6. The second-order valence-electron chi connectivity index (χ2n) is 2.71. The van der Waals surface area contributed by atoms with Crippen LogP contribution >= 0.6 is 0 Å². The van der Waals surface area contributed by atoms with Crippen molar-refractivity contribution in [3.8, 4) is 6.07 Å². The van der Waals surface area contributed by atoms with Gasteiger partial charge in [-0.25, -0.2) is 0 Å². The van der Waals surface area contributed by atoms with E-state index in [0.29, 0.717) is 16.7 Å². The van der Waals surface area contributed by atoms with Gasteiger partial charge < -0.3 is 9.66 Å². The van der Waals surface area contributed by atoms with Gasteiger partial charge in [0.2, 0.25) is 0 Å². The summed E-state index contributed by atoms with van der Waals surface area (Å²) < 4.78 is 20.9. The predicted octanol–water partition coefficient (Wildman–Crippen LogP) is 0.430. The van der Waals surface area contributed by atoms with Gasteiger partial charge in [0, 0.05) is 5.75 Å². The molecule has 0 radical (unpaired) electrons. The third kappa shape index (κ3) is 2.64. The average Bonchev–Trinajstić information content (AvgIpc) is 2.17. The average molecular weight is 210 g/mol. The summed E-state index contributed by atoms with van der Waals surface area (Å²) in [6.45, 7) is -0.157. The minimum Gasteiger partial charge on any atom is -0.772 e. The zero-order valence-electron chi connectivity index (χ0n) is 7.27. The van der Waals surface area contributed by atoms with Crippen molar-refractivity contribution in [2.45, 2.75) is 12.4 Å². The van der Waals surface area contributed by atoms with Crippen molar-refractivity contribution in [2.24, 2.45) is 0 Å². The number of benzene rings is 1. The molecule has 1 aromatic carbocycles. The van der Waals surface area contributed by atoms with E-state index in [4.69, 9.17) is 10.4 Å². The minimum absolute atomic E-state index is 0.157. The molecule has 1 atom stereocenters. The summed E-state index contributed by atoms with van der Waals surface area (Å²) in [5.41, 5.74) is 1.35. The summed E-state index contributed by atoms with van der Waals surface area (Å²) >= 11 is -2.20. The van der Waals surface area contributed by atoms with Gasteiger partial charge in [-0.05, 0) is 17.2 Å². The third-order valence-electron chi connectivity index (χ3n) is 1.75. The van der Waals surface area contributed by atoms with Crippen LogP contribution in [0, 0.1) is 11.3 Å². The first-order valence-electron chi connectivity index (χ1n) is 3.86. The molecule has 5 heteroatoms. The van der Waals surface area contributed by atoms with Crippen molar-refractivity contribution < 1.29 is 13.9 Å². The molecule has 0 fully saturated rings. The molecule has 0 saturated heterocycles. The predicted molar refractivity (Wildman–Crippen MR) is 49.7 cm³/mol. The van der Waals surface area contributed by atoms with Crippen molar-refractivity contribution >= 4 is 11.1 Å². The summed E-state index contributed by atoms with van der Waals surface area (Å²) in [4.78, 5) is 0. The number of hydrogen-bond acceptors (Lipinski definition) is 4. The Labute approximate surface area is 84.1 Å². The van der Waals surface area contributed by atoms with Crippen molar-refractivity contribution in [1.82, 2.24) is 0 Å². The summed E-state index contributed by atoms with van der Waals surface area (Å²) in [7, 11) is 0. The van der Waals surface area contributed by atoms with E-state index in [0.717, 1.165) is 0 Å². The fourth-order valence-electron chi connectivity index (χ4n) is 1.08. The molecule has 4 nitrogen and oxygen atoms in total. The van der Waals surface area contributed by atoms with Gasteiger partial charge in [0.25, 0.3) is 0 Å². The van der Waals surface area contributed by atoms with Crippen LogP contribution in [0.1, 0.15) is 16.7 Å². The van der Waals surface area contributed by atoms with E-state index in [-0.39, 0.29) is 12.4 Å². The molecule has 1 rings (SSSR count). The maximum absolute atomic E-state index is 10.4. The highest BCUT2D eigenvalue weighted by Gasteiger charge is 2.03. The number of hydrogen-bond donors (Lipinski definition) is 1. The maximum atomic E-state index is 10.4. The van der Waals surface area contributed by atoms with Gasteiger partial charge in [0.1, 0.15) is 0 Å². The number of aliphatic hydroxyl groups excluding tert-OH is 1. The molecule has 0 aromatic heterocycles. The van der Waals surface area contributed by atoms with Gasteiger partial charge in [-0.1, -0.05) is 23.2 Å². The minimum atomic E-state index is -2.20. The normalized spacial score (nSPS) is 12.1. The number of rotatable bonds is 3. The lowest BCUT2D eigenvalue weighted by molar-refractivity contribution is 0.282. The highest BCUT2D eigenvalue weighted by molar-refractivity contribution is 7.78. The van der Waals surface area contributed by atoms with Crippen LogP contribution in [0.3, 0.4) is 0 Å². The largest absolute Gasteiger partial charge is 0.772 e. The topological polar surface area (TPSA) is 84.1 Å². The molecule has 0 bridgehead atoms. The molecule has 0 aliphatic heterocycles. The van der Waals surface area contributed by atoms with Gasteiger partial charge in [-0.15, -0.1) is 0 Å². The standard InChI is InChI=1S/C9H9NO3S/c10-4-9-3-7(5-11)1-2-8(9)6-14(12)13/h1-3,11H,5-6H2,(H,12,13)/p-1. The molecule has 0 saturated carbocycles. The first-order valence-corrected chi connectivity index (χ1v) is 5.10. The first kappa shape index (κ1) is 10.9. The summed E-state index contributed by atoms with van der Waals surface area (Å²) in [6, 6.07) is 6.52. The van der Waals surface area contributed by atoms with E-state index < -0.39 is 11.1 Å². The molecule has 74 valence electrons. The second-order valence-corrected chi connectivity index (χ2v) is 3.61. The molecule has 0 spiro atoms. The highest BCUT2D eigenvalue weighted by atomic mass is 32.2. The van der Waals surface area contributed by atoms with Crippen LogP contribution in [0.4, 0.5) is 0 Å². The Kier molecular flexibility index (Phi) is 3.77. The van der Waals surface area contributed by atoms with Gasteiger partial charge in [0.05, 0.1) is 18.2 Å². The molecule has 0 aliphatic carbocycles. The van der Waals surface area contributed by atoms with E-state index in [1.54, 1.807) is 12.1 Å². The molecule has 0 heterocycles. The van der Waals surface area contributed by atoms with E-state index >= 15 is 0 Å². The molecule has 0 aliphatic rings.